The fraction of sp³-hybridized carbons (Fsp3) is 0.440. The number of hydrogen-bond donors (Lipinski definition) is 0. The number of carbonyl (C=O) groups excluding carboxylic acids is 1. The molecule has 0 aliphatic carbocycles. The predicted octanol–water partition coefficient (Wildman–Crippen LogP) is 4.54. The molecule has 2 aliphatic heterocycles. The molecule has 35 heavy (non-hydrogen) atoms. The largest absolute Gasteiger partial charge is 0.345 e. The van der Waals surface area contributed by atoms with E-state index in [1.165, 1.54) is 9.60 Å². The molecule has 2 saturated heterocycles. The van der Waals surface area contributed by atoms with E-state index in [4.69, 9.17) is 4.98 Å². The summed E-state index contributed by atoms with van der Waals surface area (Å²) in [7, 11) is -3.54. The van der Waals surface area contributed by atoms with E-state index in [0.29, 0.717) is 25.2 Å². The van der Waals surface area contributed by atoms with Gasteiger partial charge < -0.3 is 9.80 Å². The van der Waals surface area contributed by atoms with Crippen molar-refractivity contribution in [3.05, 3.63) is 48.0 Å². The molecule has 0 bridgehead atoms. The number of para-hydroxylation sites is 1. The lowest BCUT2D eigenvalue weighted by Gasteiger charge is -2.34. The first-order valence-corrected chi connectivity index (χ1v) is 15.5. The molecule has 0 N–H and O–H groups in total. The van der Waals surface area contributed by atoms with Crippen LogP contribution in [0.2, 0.25) is 0 Å². The summed E-state index contributed by atoms with van der Waals surface area (Å²) in [6.07, 6.45) is 4.90. The Morgan fingerprint density at radius 3 is 2.46 bits per heavy atom. The Hall–Kier alpha value is -2.14. The predicted molar refractivity (Wildman–Crippen MR) is 143 cm³/mol. The summed E-state index contributed by atoms with van der Waals surface area (Å²) >= 11 is 3.40. The molecular formula is C25H30N4O3S3. The number of rotatable bonds is 5. The minimum Gasteiger partial charge on any atom is -0.345 e. The van der Waals surface area contributed by atoms with Gasteiger partial charge in [0, 0.05) is 49.2 Å². The summed E-state index contributed by atoms with van der Waals surface area (Å²) in [5.41, 5.74) is 1.57. The number of piperazine rings is 1. The molecule has 1 aromatic heterocycles. The molecule has 2 aliphatic rings. The summed E-state index contributed by atoms with van der Waals surface area (Å²) in [4.78, 5) is 23.5. The summed E-state index contributed by atoms with van der Waals surface area (Å²) in [6, 6.07) is 12.7. The van der Waals surface area contributed by atoms with Gasteiger partial charge in [-0.25, -0.2) is 13.4 Å². The Morgan fingerprint density at radius 1 is 1.03 bits per heavy atom. The standard InChI is InChI=1S/C25H30N4O3S3/c1-18-6-3-4-13-29(18)35(31,32)20-11-9-19(10-12-20)24(30)27-14-16-28(17-15-27)25-26-23-21(33-2)7-5-8-22(23)34-25/h5,7-12,18H,3-4,6,13-17H2,1-2H3. The number of nitrogens with zero attached hydrogens (tertiary/aromatic N) is 4. The first-order chi connectivity index (χ1) is 16.9. The van der Waals surface area contributed by atoms with Gasteiger partial charge in [0.15, 0.2) is 5.13 Å². The maximum absolute atomic E-state index is 13.1. The van der Waals surface area contributed by atoms with Crippen molar-refractivity contribution >= 4 is 54.4 Å². The maximum Gasteiger partial charge on any atom is 0.253 e. The van der Waals surface area contributed by atoms with E-state index < -0.39 is 10.0 Å². The second-order valence-corrected chi connectivity index (χ2v) is 12.8. The van der Waals surface area contributed by atoms with Crippen molar-refractivity contribution in [3.8, 4) is 0 Å². The third-order valence-corrected chi connectivity index (χ3v) is 10.8. The van der Waals surface area contributed by atoms with E-state index in [0.717, 1.165) is 43.0 Å². The minimum atomic E-state index is -3.54. The van der Waals surface area contributed by atoms with Crippen LogP contribution in [-0.2, 0) is 10.0 Å². The number of hydrogen-bond acceptors (Lipinski definition) is 7. The van der Waals surface area contributed by atoms with Crippen LogP contribution in [0.15, 0.2) is 52.3 Å². The van der Waals surface area contributed by atoms with Crippen molar-refractivity contribution in [1.29, 1.82) is 0 Å². The zero-order chi connectivity index (χ0) is 24.6. The quantitative estimate of drug-likeness (QED) is 0.451. The molecule has 5 rings (SSSR count). The van der Waals surface area contributed by atoms with Crippen molar-refractivity contribution in [2.75, 3.05) is 43.9 Å². The van der Waals surface area contributed by atoms with E-state index in [9.17, 15) is 13.2 Å². The molecule has 0 spiro atoms. The van der Waals surface area contributed by atoms with Gasteiger partial charge in [-0.3, -0.25) is 4.79 Å². The molecule has 1 unspecified atom stereocenters. The number of sulfonamides is 1. The highest BCUT2D eigenvalue weighted by Gasteiger charge is 2.31. The van der Waals surface area contributed by atoms with Gasteiger partial charge in [-0.1, -0.05) is 23.8 Å². The second kappa shape index (κ2) is 10.1. The summed E-state index contributed by atoms with van der Waals surface area (Å²) < 4.78 is 28.9. The fourth-order valence-corrected chi connectivity index (χ4v) is 8.20. The molecule has 2 fully saturated rings. The normalized spacial score (nSPS) is 19.9. The summed E-state index contributed by atoms with van der Waals surface area (Å²) in [6.45, 7) is 5.18. The Labute approximate surface area is 215 Å². The topological polar surface area (TPSA) is 73.8 Å². The van der Waals surface area contributed by atoms with Crippen molar-refractivity contribution < 1.29 is 13.2 Å². The third kappa shape index (κ3) is 4.81. The van der Waals surface area contributed by atoms with Crippen LogP contribution in [0, 0.1) is 0 Å². The van der Waals surface area contributed by atoms with E-state index in [1.54, 1.807) is 51.7 Å². The van der Waals surface area contributed by atoms with Crippen LogP contribution in [0.4, 0.5) is 5.13 Å². The van der Waals surface area contributed by atoms with Crippen molar-refractivity contribution in [3.63, 3.8) is 0 Å². The van der Waals surface area contributed by atoms with Crippen LogP contribution in [0.5, 0.6) is 0 Å². The molecule has 7 nitrogen and oxygen atoms in total. The van der Waals surface area contributed by atoms with Crippen LogP contribution >= 0.6 is 23.1 Å². The second-order valence-electron chi connectivity index (χ2n) is 9.07. The van der Waals surface area contributed by atoms with Crippen molar-refractivity contribution in [1.82, 2.24) is 14.2 Å². The maximum atomic E-state index is 13.1. The number of fused-ring (bicyclic) bond motifs is 1. The SMILES string of the molecule is CSc1cccc2sc(N3CCN(C(=O)c4ccc(S(=O)(=O)N5CCCCC5C)cc4)CC3)nc12. The van der Waals surface area contributed by atoms with Crippen LogP contribution in [0.1, 0.15) is 36.5 Å². The smallest absolute Gasteiger partial charge is 0.253 e. The lowest BCUT2D eigenvalue weighted by atomic mass is 10.1. The lowest BCUT2D eigenvalue weighted by molar-refractivity contribution is 0.0746. The number of thiazole rings is 1. The van der Waals surface area contributed by atoms with Crippen LogP contribution in [0.3, 0.4) is 0 Å². The zero-order valence-electron chi connectivity index (χ0n) is 20.0. The highest BCUT2D eigenvalue weighted by Crippen LogP contribution is 2.34. The van der Waals surface area contributed by atoms with Crippen LogP contribution in [-0.4, -0.2) is 73.5 Å². The van der Waals surface area contributed by atoms with Gasteiger partial charge in [0.1, 0.15) is 0 Å². The highest BCUT2D eigenvalue weighted by molar-refractivity contribution is 7.98. The van der Waals surface area contributed by atoms with Gasteiger partial charge >= 0.3 is 0 Å². The van der Waals surface area contributed by atoms with Gasteiger partial charge in [-0.05, 0) is 62.4 Å². The molecule has 1 amide bonds. The van der Waals surface area contributed by atoms with E-state index in [2.05, 4.69) is 29.4 Å². The van der Waals surface area contributed by atoms with Crippen molar-refractivity contribution in [2.45, 2.75) is 42.0 Å². The van der Waals surface area contributed by atoms with Gasteiger partial charge in [0.2, 0.25) is 10.0 Å². The average molecular weight is 531 g/mol. The number of aromatic nitrogens is 1. The Bertz CT molecular complexity index is 1320. The summed E-state index contributed by atoms with van der Waals surface area (Å²) in [5, 5.41) is 0.995. The monoisotopic (exact) mass is 530 g/mol. The van der Waals surface area contributed by atoms with Gasteiger partial charge in [0.25, 0.3) is 5.91 Å². The summed E-state index contributed by atoms with van der Waals surface area (Å²) in [5.74, 6) is -0.0612. The number of thioether (sulfide) groups is 1. The first-order valence-electron chi connectivity index (χ1n) is 12.0. The zero-order valence-corrected chi connectivity index (χ0v) is 22.5. The Morgan fingerprint density at radius 2 is 1.77 bits per heavy atom. The Kier molecular flexibility index (Phi) is 7.07. The molecule has 2 aromatic carbocycles. The molecule has 186 valence electrons. The molecule has 0 saturated carbocycles. The van der Waals surface area contributed by atoms with Crippen LogP contribution in [0.25, 0.3) is 10.2 Å². The third-order valence-electron chi connectivity index (χ3n) is 6.88. The molecule has 1 atom stereocenters. The number of anilines is 1. The van der Waals surface area contributed by atoms with Crippen molar-refractivity contribution in [2.24, 2.45) is 0 Å². The Balaban J connectivity index is 1.24. The number of piperidine rings is 1. The van der Waals surface area contributed by atoms with E-state index >= 15 is 0 Å². The van der Waals surface area contributed by atoms with E-state index in [-0.39, 0.29) is 16.8 Å². The molecule has 0 radical (unpaired) electrons. The fourth-order valence-electron chi connectivity index (χ4n) is 4.83. The first kappa shape index (κ1) is 24.5. The van der Waals surface area contributed by atoms with Gasteiger partial charge in [0.05, 0.1) is 15.1 Å². The highest BCUT2D eigenvalue weighted by atomic mass is 32.2. The lowest BCUT2D eigenvalue weighted by Crippen LogP contribution is -2.48. The van der Waals surface area contributed by atoms with E-state index in [1.807, 2.05) is 11.8 Å². The minimum absolute atomic E-state index is 0.00842. The van der Waals surface area contributed by atoms with Gasteiger partial charge in [-0.2, -0.15) is 4.31 Å². The number of benzene rings is 2. The molecule has 3 aromatic rings. The van der Waals surface area contributed by atoms with Crippen LogP contribution < -0.4 is 4.90 Å². The average Bonchev–Trinajstić information content (AvgIpc) is 3.33. The number of carbonyl (C=O) groups is 1. The number of amides is 1. The van der Waals surface area contributed by atoms with Gasteiger partial charge in [-0.15, -0.1) is 11.8 Å². The molecule has 10 heteroatoms. The molecular weight excluding hydrogens is 501 g/mol. The molecule has 3 heterocycles.